The quantitative estimate of drug-likeness (QED) is 0.344. The maximum Gasteiger partial charge on any atom is 0.313 e. The minimum Gasteiger partial charge on any atom is -0.481 e. The third-order valence-electron chi connectivity index (χ3n) is 6.41. The lowest BCUT2D eigenvalue weighted by Crippen LogP contribution is -2.26. The largest absolute Gasteiger partial charge is 0.481 e. The summed E-state index contributed by atoms with van der Waals surface area (Å²) in [6, 6.07) is 0. The molecule has 4 nitrogen and oxygen atoms in total. The first-order valence-electron chi connectivity index (χ1n) is 10.6. The summed E-state index contributed by atoms with van der Waals surface area (Å²) in [6.07, 6.45) is 19.6. The van der Waals surface area contributed by atoms with E-state index in [0.29, 0.717) is 30.0 Å². The Kier molecular flexibility index (Phi) is 8.28. The van der Waals surface area contributed by atoms with Gasteiger partial charge in [0.25, 0.3) is 0 Å². The third-order valence-corrected chi connectivity index (χ3v) is 7.29. The van der Waals surface area contributed by atoms with Crippen molar-refractivity contribution in [3.05, 3.63) is 24.3 Å². The molecule has 0 aromatic rings. The summed E-state index contributed by atoms with van der Waals surface area (Å²) in [5.41, 5.74) is 0. The lowest BCUT2D eigenvalue weighted by Gasteiger charge is -2.25. The average Bonchev–Trinajstić information content (AvgIpc) is 3.13. The van der Waals surface area contributed by atoms with E-state index in [0.717, 1.165) is 37.9 Å². The number of aliphatic hydroxyl groups excluding tert-OH is 1. The first kappa shape index (κ1) is 20.9. The van der Waals surface area contributed by atoms with Crippen LogP contribution in [0, 0.1) is 17.8 Å². The molecule has 5 heteroatoms. The Morgan fingerprint density at radius 3 is 2.56 bits per heavy atom. The third kappa shape index (κ3) is 6.10. The second-order valence-electron chi connectivity index (χ2n) is 8.27. The number of carbonyl (C=O) groups is 1. The lowest BCUT2D eigenvalue weighted by molar-refractivity contribution is -0.133. The van der Waals surface area contributed by atoms with E-state index >= 15 is 0 Å². The zero-order valence-corrected chi connectivity index (χ0v) is 17.0. The maximum atomic E-state index is 10.6. The number of hydrogen-bond acceptors (Lipinski definition) is 4. The van der Waals surface area contributed by atoms with Crippen molar-refractivity contribution < 1.29 is 19.7 Å². The summed E-state index contributed by atoms with van der Waals surface area (Å²) in [6.45, 7) is 0. The van der Waals surface area contributed by atoms with E-state index in [1.165, 1.54) is 37.4 Å². The van der Waals surface area contributed by atoms with Crippen LogP contribution in [0.1, 0.15) is 57.8 Å². The summed E-state index contributed by atoms with van der Waals surface area (Å²) in [5, 5.41) is 19.3. The van der Waals surface area contributed by atoms with E-state index in [1.54, 1.807) is 0 Å². The number of rotatable bonds is 9. The van der Waals surface area contributed by atoms with E-state index in [4.69, 9.17) is 9.84 Å². The lowest BCUT2D eigenvalue weighted by atomic mass is 9.77. The second kappa shape index (κ2) is 10.7. The van der Waals surface area contributed by atoms with Crippen molar-refractivity contribution in [1.82, 2.24) is 0 Å². The number of aliphatic hydroxyl groups is 1. The summed E-state index contributed by atoms with van der Waals surface area (Å²) in [4.78, 5) is 10.5. The molecule has 2 saturated heterocycles. The average molecular weight is 395 g/mol. The van der Waals surface area contributed by atoms with Crippen molar-refractivity contribution in [2.45, 2.75) is 76.1 Å². The zero-order valence-electron chi connectivity index (χ0n) is 16.2. The predicted octanol–water partition coefficient (Wildman–Crippen LogP) is 4.43. The Hall–Kier alpha value is -0.780. The van der Waals surface area contributed by atoms with Gasteiger partial charge < -0.3 is 14.9 Å². The van der Waals surface area contributed by atoms with Crippen LogP contribution in [0.2, 0.25) is 0 Å². The molecule has 0 radical (unpaired) electrons. The van der Waals surface area contributed by atoms with Crippen LogP contribution < -0.4 is 0 Å². The van der Waals surface area contributed by atoms with Crippen molar-refractivity contribution in [1.29, 1.82) is 0 Å². The van der Waals surface area contributed by atoms with E-state index < -0.39 is 5.97 Å². The van der Waals surface area contributed by atoms with E-state index in [9.17, 15) is 9.90 Å². The summed E-state index contributed by atoms with van der Waals surface area (Å²) in [7, 11) is 0. The van der Waals surface area contributed by atoms with Crippen molar-refractivity contribution >= 4 is 17.7 Å². The molecule has 2 bridgehead atoms. The fourth-order valence-corrected chi connectivity index (χ4v) is 5.54. The Morgan fingerprint density at radius 1 is 1.07 bits per heavy atom. The molecular weight excluding hydrogens is 360 g/mol. The molecule has 3 aliphatic rings. The van der Waals surface area contributed by atoms with Crippen LogP contribution in [0.25, 0.3) is 0 Å². The van der Waals surface area contributed by atoms with Gasteiger partial charge in [-0.2, -0.15) is 0 Å². The number of carboxylic acid groups (broad SMARTS) is 1. The number of ether oxygens (including phenoxy) is 1. The molecule has 27 heavy (non-hydrogen) atoms. The summed E-state index contributed by atoms with van der Waals surface area (Å²) >= 11 is 1.43. The van der Waals surface area contributed by atoms with Gasteiger partial charge in [0.1, 0.15) is 0 Å². The molecule has 2 aliphatic heterocycles. The molecule has 0 aromatic heterocycles. The van der Waals surface area contributed by atoms with Crippen LogP contribution >= 0.6 is 11.8 Å². The molecule has 2 heterocycles. The van der Waals surface area contributed by atoms with Gasteiger partial charge in [-0.15, -0.1) is 11.8 Å². The predicted molar refractivity (Wildman–Crippen MR) is 110 cm³/mol. The first-order chi connectivity index (χ1) is 13.1. The number of hydrogen-bond donors (Lipinski definition) is 2. The monoisotopic (exact) mass is 394 g/mol. The topological polar surface area (TPSA) is 66.8 Å². The number of fused-ring (bicyclic) bond motifs is 2. The van der Waals surface area contributed by atoms with Crippen molar-refractivity contribution in [3.8, 4) is 0 Å². The van der Waals surface area contributed by atoms with Crippen LogP contribution in [-0.2, 0) is 9.53 Å². The molecule has 152 valence electrons. The fourth-order valence-electron chi connectivity index (χ4n) is 4.97. The molecule has 3 rings (SSSR count). The summed E-state index contributed by atoms with van der Waals surface area (Å²) in [5.74, 6) is 1.46. The normalized spacial score (nSPS) is 33.1. The minimum atomic E-state index is -0.757. The Balaban J connectivity index is 1.50. The number of aliphatic carboxylic acids is 1. The molecule has 2 N–H and O–H groups in total. The van der Waals surface area contributed by atoms with Gasteiger partial charge in [0.2, 0.25) is 0 Å². The molecule has 0 spiro atoms. The zero-order chi connectivity index (χ0) is 19.1. The van der Waals surface area contributed by atoms with Gasteiger partial charge in [0.15, 0.2) is 0 Å². The van der Waals surface area contributed by atoms with Crippen LogP contribution in [-0.4, -0.2) is 46.0 Å². The highest BCUT2D eigenvalue weighted by Crippen LogP contribution is 2.46. The minimum absolute atomic E-state index is 0.159. The Bertz CT molecular complexity index is 524. The Morgan fingerprint density at radius 2 is 1.81 bits per heavy atom. The molecular formula is C22H34O4S. The van der Waals surface area contributed by atoms with E-state index in [-0.39, 0.29) is 11.9 Å². The first-order valence-corrected chi connectivity index (χ1v) is 11.8. The van der Waals surface area contributed by atoms with E-state index in [2.05, 4.69) is 24.3 Å². The number of allylic oxidation sites excluding steroid dienone is 1. The number of carboxylic acids is 1. The van der Waals surface area contributed by atoms with E-state index in [1.807, 2.05) is 0 Å². The molecule has 1 saturated carbocycles. The standard InChI is InChI=1S/C22H34O4S/c23-19(16-7-3-1-2-4-8-16)11-10-18-17(20-12-13-21(18)26-20)9-5-6-14-27-15-22(24)25/h5-6,10-11,16-21,23H,1-4,7-9,12-15H2,(H,24,25)/t17-,18+,19?,20-,21+/m0/s1. The SMILES string of the molecule is O=C(O)CSCC=CC[C@H]1[C@@H](C=CC(O)C2CCCCCC2)[C@H]2CC[C@@H]1O2. The van der Waals surface area contributed by atoms with Gasteiger partial charge in [0, 0.05) is 11.7 Å². The van der Waals surface area contributed by atoms with Crippen LogP contribution in [0.3, 0.4) is 0 Å². The van der Waals surface area contributed by atoms with Crippen molar-refractivity contribution in [2.75, 3.05) is 11.5 Å². The van der Waals surface area contributed by atoms with Gasteiger partial charge in [-0.1, -0.05) is 50.0 Å². The molecule has 1 unspecified atom stereocenters. The van der Waals surface area contributed by atoms with Crippen LogP contribution in [0.15, 0.2) is 24.3 Å². The highest BCUT2D eigenvalue weighted by molar-refractivity contribution is 8.00. The second-order valence-corrected chi connectivity index (χ2v) is 9.30. The van der Waals surface area contributed by atoms with Gasteiger partial charge in [-0.3, -0.25) is 4.79 Å². The maximum absolute atomic E-state index is 10.6. The van der Waals surface area contributed by atoms with Gasteiger partial charge >= 0.3 is 5.97 Å². The van der Waals surface area contributed by atoms with Gasteiger partial charge in [-0.05, 0) is 43.9 Å². The highest BCUT2D eigenvalue weighted by atomic mass is 32.2. The molecule has 5 atom stereocenters. The molecule has 3 fully saturated rings. The van der Waals surface area contributed by atoms with Gasteiger partial charge in [0.05, 0.1) is 24.1 Å². The highest BCUT2D eigenvalue weighted by Gasteiger charge is 2.46. The molecule has 0 amide bonds. The fraction of sp³-hybridized carbons (Fsp3) is 0.773. The smallest absolute Gasteiger partial charge is 0.313 e. The van der Waals surface area contributed by atoms with Crippen molar-refractivity contribution in [2.24, 2.45) is 17.8 Å². The van der Waals surface area contributed by atoms with Crippen LogP contribution in [0.4, 0.5) is 0 Å². The number of thioether (sulfide) groups is 1. The van der Waals surface area contributed by atoms with Gasteiger partial charge in [-0.25, -0.2) is 0 Å². The van der Waals surface area contributed by atoms with Crippen molar-refractivity contribution in [3.63, 3.8) is 0 Å². The summed E-state index contributed by atoms with van der Waals surface area (Å²) < 4.78 is 6.16. The molecule has 0 aromatic carbocycles. The molecule has 1 aliphatic carbocycles. The Labute approximate surface area is 167 Å². The van der Waals surface area contributed by atoms with Crippen LogP contribution in [0.5, 0.6) is 0 Å².